The number of allylic oxidation sites excluding steroid dienone is 3. The summed E-state index contributed by atoms with van der Waals surface area (Å²) >= 11 is 0. The second-order valence-corrected chi connectivity index (χ2v) is 8.93. The SMILES string of the molecule is N[C@@H](CC(F)(F)F)C(=O)N[C@](Cc1ccccc1)(C1=CC=C(F)CC1)c1cc(F)cc(OC(F)(F)C(F)F)c1. The van der Waals surface area contributed by atoms with Gasteiger partial charge in [0.1, 0.15) is 17.4 Å². The molecule has 0 unspecified atom stereocenters. The molecule has 4 nitrogen and oxygen atoms in total. The Morgan fingerprint density at radius 3 is 2.21 bits per heavy atom. The van der Waals surface area contributed by atoms with Gasteiger partial charge >= 0.3 is 18.7 Å². The van der Waals surface area contributed by atoms with Crippen LogP contribution in [0.25, 0.3) is 0 Å². The summed E-state index contributed by atoms with van der Waals surface area (Å²) in [6.07, 6.45) is -14.2. The molecule has 0 heterocycles. The van der Waals surface area contributed by atoms with E-state index in [1.54, 1.807) is 30.3 Å². The molecule has 1 aliphatic carbocycles. The number of hydrogen-bond acceptors (Lipinski definition) is 3. The van der Waals surface area contributed by atoms with Crippen molar-refractivity contribution in [1.82, 2.24) is 5.32 Å². The molecule has 3 rings (SSSR count). The van der Waals surface area contributed by atoms with Gasteiger partial charge in [-0.2, -0.15) is 30.7 Å². The van der Waals surface area contributed by atoms with Crippen molar-refractivity contribution in [2.75, 3.05) is 0 Å². The lowest BCUT2D eigenvalue weighted by Crippen LogP contribution is -2.55. The lowest BCUT2D eigenvalue weighted by molar-refractivity contribution is -0.253. The van der Waals surface area contributed by atoms with E-state index in [2.05, 4.69) is 10.1 Å². The number of alkyl halides is 7. The maximum atomic E-state index is 14.7. The van der Waals surface area contributed by atoms with Gasteiger partial charge in [0, 0.05) is 18.9 Å². The predicted octanol–water partition coefficient (Wildman–Crippen LogP) is 6.47. The second kappa shape index (κ2) is 11.7. The standard InChI is InChI=1S/C26H23F9N2O2/c27-18-8-6-16(7-9-18)24(13-15-4-2-1-3-5-15,37-22(38)21(36)14-25(31,32)33)17-10-19(28)12-20(11-17)39-26(34,35)23(29)30/h1-6,8,10-12,21,23H,7,9,13-14,36H2,(H,37,38)/t21-,24+/m0/s1. The number of carbonyl (C=O) groups excluding carboxylic acids is 1. The topological polar surface area (TPSA) is 64.4 Å². The minimum absolute atomic E-state index is 0.121. The van der Waals surface area contributed by atoms with Gasteiger partial charge in [-0.05, 0) is 41.3 Å². The van der Waals surface area contributed by atoms with Gasteiger partial charge in [0.25, 0.3) is 0 Å². The number of halogens is 9. The van der Waals surface area contributed by atoms with E-state index in [1.807, 2.05) is 0 Å². The van der Waals surface area contributed by atoms with Crippen molar-refractivity contribution < 1.29 is 49.0 Å². The van der Waals surface area contributed by atoms with Crippen molar-refractivity contribution in [1.29, 1.82) is 0 Å². The van der Waals surface area contributed by atoms with E-state index < -0.39 is 60.0 Å². The highest BCUT2D eigenvalue weighted by molar-refractivity contribution is 5.83. The van der Waals surface area contributed by atoms with E-state index in [4.69, 9.17) is 5.73 Å². The van der Waals surface area contributed by atoms with Crippen LogP contribution < -0.4 is 15.8 Å². The third-order valence-electron chi connectivity index (χ3n) is 5.96. The molecular weight excluding hydrogens is 543 g/mol. The molecule has 3 N–H and O–H groups in total. The average Bonchev–Trinajstić information content (AvgIpc) is 2.83. The molecular formula is C26H23F9N2O2. The van der Waals surface area contributed by atoms with Crippen molar-refractivity contribution >= 4 is 5.91 Å². The quantitative estimate of drug-likeness (QED) is 0.324. The predicted molar refractivity (Wildman–Crippen MR) is 123 cm³/mol. The van der Waals surface area contributed by atoms with Crippen LogP contribution in [0.3, 0.4) is 0 Å². The minimum atomic E-state index is -5.01. The van der Waals surface area contributed by atoms with E-state index >= 15 is 0 Å². The second-order valence-electron chi connectivity index (χ2n) is 8.93. The van der Waals surface area contributed by atoms with Crippen LogP contribution in [-0.4, -0.2) is 30.7 Å². The van der Waals surface area contributed by atoms with Crippen molar-refractivity contribution in [3.05, 3.63) is 89.0 Å². The third kappa shape index (κ3) is 7.78. The molecule has 2 atom stereocenters. The Labute approximate surface area is 217 Å². The number of carbonyl (C=O) groups is 1. The maximum absolute atomic E-state index is 14.7. The highest BCUT2D eigenvalue weighted by Gasteiger charge is 2.45. The summed E-state index contributed by atoms with van der Waals surface area (Å²) in [6, 6.07) is 7.78. The normalized spacial score (nSPS) is 16.7. The molecule has 2 aromatic carbocycles. The molecule has 1 amide bonds. The van der Waals surface area contributed by atoms with Gasteiger partial charge in [0.2, 0.25) is 5.91 Å². The number of nitrogens with one attached hydrogen (secondary N) is 1. The van der Waals surface area contributed by atoms with Gasteiger partial charge in [-0.3, -0.25) is 4.79 Å². The Kier molecular flexibility index (Phi) is 9.04. The van der Waals surface area contributed by atoms with E-state index in [-0.39, 0.29) is 30.4 Å². The van der Waals surface area contributed by atoms with E-state index in [9.17, 15) is 44.3 Å². The summed E-state index contributed by atoms with van der Waals surface area (Å²) in [5.41, 5.74) is 3.81. The fourth-order valence-electron chi connectivity index (χ4n) is 4.18. The molecule has 1 aliphatic rings. The van der Waals surface area contributed by atoms with Gasteiger partial charge in [-0.15, -0.1) is 0 Å². The van der Waals surface area contributed by atoms with Gasteiger partial charge in [0.15, 0.2) is 0 Å². The summed E-state index contributed by atoms with van der Waals surface area (Å²) in [6.45, 7) is 0. The molecule has 0 aliphatic heterocycles. The van der Waals surface area contributed by atoms with Gasteiger partial charge in [-0.25, -0.2) is 8.78 Å². The Morgan fingerprint density at radius 1 is 0.974 bits per heavy atom. The first-order chi connectivity index (χ1) is 18.1. The largest absolute Gasteiger partial charge is 0.461 e. The summed E-state index contributed by atoms with van der Waals surface area (Å²) in [5, 5.41) is 2.40. The van der Waals surface area contributed by atoms with E-state index in [1.165, 1.54) is 6.08 Å². The number of nitrogens with two attached hydrogens (primary N) is 1. The molecule has 0 spiro atoms. The highest BCUT2D eigenvalue weighted by Crippen LogP contribution is 2.41. The van der Waals surface area contributed by atoms with Gasteiger partial charge < -0.3 is 15.8 Å². The maximum Gasteiger partial charge on any atom is 0.461 e. The van der Waals surface area contributed by atoms with Crippen molar-refractivity contribution in [2.24, 2.45) is 5.73 Å². The van der Waals surface area contributed by atoms with Gasteiger partial charge in [-0.1, -0.05) is 36.4 Å². The van der Waals surface area contributed by atoms with Crippen LogP contribution in [0.1, 0.15) is 30.4 Å². The summed E-state index contributed by atoms with van der Waals surface area (Å²) < 4.78 is 124. The van der Waals surface area contributed by atoms with Crippen LogP contribution in [0.5, 0.6) is 5.75 Å². The first kappa shape index (κ1) is 30.1. The highest BCUT2D eigenvalue weighted by atomic mass is 19.4. The number of amides is 1. The van der Waals surface area contributed by atoms with Crippen molar-refractivity contribution in [3.8, 4) is 5.75 Å². The van der Waals surface area contributed by atoms with Crippen molar-refractivity contribution in [3.63, 3.8) is 0 Å². The average molecular weight is 566 g/mol. The Morgan fingerprint density at radius 2 is 1.64 bits per heavy atom. The molecule has 0 saturated heterocycles. The first-order valence-electron chi connectivity index (χ1n) is 11.5. The summed E-state index contributed by atoms with van der Waals surface area (Å²) in [7, 11) is 0. The lowest BCUT2D eigenvalue weighted by Gasteiger charge is -2.40. The van der Waals surface area contributed by atoms with Crippen LogP contribution in [0.4, 0.5) is 39.5 Å². The van der Waals surface area contributed by atoms with E-state index in [0.717, 1.165) is 18.2 Å². The zero-order chi connectivity index (χ0) is 29.0. The molecule has 13 heteroatoms. The van der Waals surface area contributed by atoms with Crippen LogP contribution >= 0.6 is 0 Å². The molecule has 0 bridgehead atoms. The number of rotatable bonds is 10. The van der Waals surface area contributed by atoms with Crippen molar-refractivity contribution in [2.45, 2.75) is 56.0 Å². The lowest BCUT2D eigenvalue weighted by atomic mass is 9.74. The minimum Gasteiger partial charge on any atom is -0.428 e. The molecule has 0 radical (unpaired) electrons. The fraction of sp³-hybridized carbons (Fsp3) is 0.346. The molecule has 0 saturated carbocycles. The van der Waals surface area contributed by atoms with Crippen LogP contribution in [0.2, 0.25) is 0 Å². The Bertz CT molecular complexity index is 1230. The van der Waals surface area contributed by atoms with Crippen LogP contribution in [0, 0.1) is 5.82 Å². The van der Waals surface area contributed by atoms with Crippen LogP contribution in [-0.2, 0) is 16.8 Å². The fourth-order valence-corrected chi connectivity index (χ4v) is 4.18. The zero-order valence-corrected chi connectivity index (χ0v) is 20.1. The Balaban J connectivity index is 2.23. The first-order valence-corrected chi connectivity index (χ1v) is 11.5. The number of hydrogen-bond donors (Lipinski definition) is 2. The van der Waals surface area contributed by atoms with E-state index in [0.29, 0.717) is 11.6 Å². The molecule has 212 valence electrons. The molecule has 2 aromatic rings. The van der Waals surface area contributed by atoms with Crippen LogP contribution in [0.15, 0.2) is 72.1 Å². The molecule has 0 aromatic heterocycles. The Hall–Kier alpha value is -3.48. The summed E-state index contributed by atoms with van der Waals surface area (Å²) in [4.78, 5) is 13.0. The monoisotopic (exact) mass is 566 g/mol. The number of benzene rings is 2. The van der Waals surface area contributed by atoms with Gasteiger partial charge in [0.05, 0.1) is 18.0 Å². The smallest absolute Gasteiger partial charge is 0.428 e. The third-order valence-corrected chi connectivity index (χ3v) is 5.96. The number of ether oxygens (including phenoxy) is 1. The molecule has 0 fully saturated rings. The summed E-state index contributed by atoms with van der Waals surface area (Å²) in [5.74, 6) is -4.17. The zero-order valence-electron chi connectivity index (χ0n) is 20.1. The molecule has 39 heavy (non-hydrogen) atoms.